The van der Waals surface area contributed by atoms with Gasteiger partial charge in [-0.05, 0) is 11.5 Å². The molecule has 1 aromatic carbocycles. The largest absolute Gasteiger partial charge is 0.349 e. The third-order valence-electron chi connectivity index (χ3n) is 2.98. The second-order valence-corrected chi connectivity index (χ2v) is 4.34. The van der Waals surface area contributed by atoms with Gasteiger partial charge in [0.15, 0.2) is 0 Å². The summed E-state index contributed by atoms with van der Waals surface area (Å²) in [5.41, 5.74) is 6.63. The quantitative estimate of drug-likeness (QED) is 0.805. The molecule has 0 unspecified atom stereocenters. The molecule has 2 aromatic rings. The highest BCUT2D eigenvalue weighted by molar-refractivity contribution is 5.92. The van der Waals surface area contributed by atoms with Crippen molar-refractivity contribution in [2.75, 3.05) is 18.0 Å². The van der Waals surface area contributed by atoms with Crippen LogP contribution in [0.3, 0.4) is 0 Å². The summed E-state index contributed by atoms with van der Waals surface area (Å²) in [6.07, 6.45) is 3.74. The Hall–Kier alpha value is -2.13. The molecule has 0 aliphatic rings. The van der Waals surface area contributed by atoms with E-state index in [4.69, 9.17) is 5.73 Å². The fraction of sp³-hybridized carbons (Fsp3) is 0.188. The van der Waals surface area contributed by atoms with Gasteiger partial charge in [0.05, 0.1) is 5.69 Å². The number of nitrogens with zero attached hydrogens (tertiary/aromatic N) is 2. The summed E-state index contributed by atoms with van der Waals surface area (Å²) < 4.78 is 0. The molecule has 2 rings (SSSR count). The van der Waals surface area contributed by atoms with Crippen LogP contribution in [0.5, 0.6) is 0 Å². The molecule has 0 saturated heterocycles. The van der Waals surface area contributed by atoms with E-state index in [2.05, 4.69) is 35.2 Å². The van der Waals surface area contributed by atoms with Crippen molar-refractivity contribution in [1.82, 2.24) is 4.98 Å². The molecule has 0 bridgehead atoms. The summed E-state index contributed by atoms with van der Waals surface area (Å²) in [6, 6.07) is 10.3. The zero-order chi connectivity index (χ0) is 13.7. The minimum atomic E-state index is 0.438. The van der Waals surface area contributed by atoms with Crippen LogP contribution in [0.2, 0.25) is 0 Å². The third-order valence-corrected chi connectivity index (χ3v) is 2.98. The summed E-state index contributed by atoms with van der Waals surface area (Å²) in [5, 5.41) is 2.29. The molecule has 0 aliphatic heterocycles. The average Bonchev–Trinajstić information content (AvgIpc) is 2.46. The lowest BCUT2D eigenvalue weighted by molar-refractivity contribution is 0.907. The molecule has 0 aliphatic carbocycles. The van der Waals surface area contributed by atoms with Crippen molar-refractivity contribution < 1.29 is 0 Å². The predicted molar refractivity (Wildman–Crippen MR) is 82.2 cm³/mol. The Kier molecular flexibility index (Phi) is 4.31. The smallest absolute Gasteiger partial charge is 0.137 e. The number of fused-ring (bicyclic) bond motifs is 1. The van der Waals surface area contributed by atoms with E-state index in [9.17, 15) is 0 Å². The van der Waals surface area contributed by atoms with Gasteiger partial charge in [-0.2, -0.15) is 0 Å². The fourth-order valence-electron chi connectivity index (χ4n) is 2.14. The zero-order valence-corrected chi connectivity index (χ0v) is 11.0. The molecule has 0 saturated carbocycles. The number of hydrogen-bond donors (Lipinski definition) is 1. The maximum absolute atomic E-state index is 5.74. The molecule has 0 amide bonds. The number of rotatable bonds is 6. The summed E-state index contributed by atoms with van der Waals surface area (Å²) in [6.45, 7) is 9.51. The van der Waals surface area contributed by atoms with Crippen molar-refractivity contribution in [2.45, 2.75) is 6.54 Å². The number of pyridine rings is 1. The van der Waals surface area contributed by atoms with E-state index >= 15 is 0 Å². The second kappa shape index (κ2) is 6.16. The molecule has 3 heteroatoms. The lowest BCUT2D eigenvalue weighted by Gasteiger charge is -2.22. The normalized spacial score (nSPS) is 10.4. The van der Waals surface area contributed by atoms with Crippen LogP contribution in [0.4, 0.5) is 5.82 Å². The molecule has 98 valence electrons. The van der Waals surface area contributed by atoms with Crippen molar-refractivity contribution in [1.29, 1.82) is 0 Å². The van der Waals surface area contributed by atoms with Crippen molar-refractivity contribution in [3.8, 4) is 0 Å². The molecule has 1 aromatic heterocycles. The van der Waals surface area contributed by atoms with Crippen LogP contribution in [0, 0.1) is 0 Å². The van der Waals surface area contributed by atoms with E-state index < -0.39 is 0 Å². The van der Waals surface area contributed by atoms with E-state index in [0.717, 1.165) is 35.4 Å². The first-order valence-electron chi connectivity index (χ1n) is 6.35. The molecule has 0 radical (unpaired) electrons. The lowest BCUT2D eigenvalue weighted by atomic mass is 10.1. The first-order valence-corrected chi connectivity index (χ1v) is 6.35. The van der Waals surface area contributed by atoms with Gasteiger partial charge in [-0.1, -0.05) is 36.4 Å². The summed E-state index contributed by atoms with van der Waals surface area (Å²) >= 11 is 0. The Morgan fingerprint density at radius 2 is 1.84 bits per heavy atom. The number of benzene rings is 1. The molecule has 3 nitrogen and oxygen atoms in total. The number of aromatic nitrogens is 1. The van der Waals surface area contributed by atoms with Crippen molar-refractivity contribution in [3.05, 3.63) is 61.3 Å². The molecule has 0 atom stereocenters. The summed E-state index contributed by atoms with van der Waals surface area (Å²) in [4.78, 5) is 6.80. The fourth-order valence-corrected chi connectivity index (χ4v) is 2.14. The van der Waals surface area contributed by atoms with Crippen molar-refractivity contribution in [3.63, 3.8) is 0 Å². The number of hydrogen-bond acceptors (Lipinski definition) is 3. The van der Waals surface area contributed by atoms with Gasteiger partial charge in [-0.3, -0.25) is 0 Å². The molecule has 0 spiro atoms. The first kappa shape index (κ1) is 13.3. The van der Waals surface area contributed by atoms with Crippen LogP contribution in [0.15, 0.2) is 55.6 Å². The van der Waals surface area contributed by atoms with Gasteiger partial charge in [0, 0.05) is 25.0 Å². The van der Waals surface area contributed by atoms with Crippen LogP contribution >= 0.6 is 0 Å². The minimum absolute atomic E-state index is 0.438. The van der Waals surface area contributed by atoms with Gasteiger partial charge in [-0.25, -0.2) is 4.98 Å². The van der Waals surface area contributed by atoms with E-state index in [1.165, 1.54) is 0 Å². The Morgan fingerprint density at radius 3 is 2.47 bits per heavy atom. The van der Waals surface area contributed by atoms with E-state index in [1.54, 1.807) is 0 Å². The van der Waals surface area contributed by atoms with Gasteiger partial charge in [0.2, 0.25) is 0 Å². The standard InChI is InChI=1S/C16H19N3/c1-3-9-19(10-4-2)16-15-8-6-5-7-13(15)11-14(12-17)18-16/h3-8,11H,1-2,9-10,12,17H2. The van der Waals surface area contributed by atoms with E-state index in [-0.39, 0.29) is 0 Å². The van der Waals surface area contributed by atoms with Gasteiger partial charge in [0.1, 0.15) is 5.82 Å². The van der Waals surface area contributed by atoms with Crippen LogP contribution in [-0.2, 0) is 6.54 Å². The Morgan fingerprint density at radius 1 is 1.16 bits per heavy atom. The lowest BCUT2D eigenvalue weighted by Crippen LogP contribution is -2.25. The van der Waals surface area contributed by atoms with E-state index in [0.29, 0.717) is 6.54 Å². The third kappa shape index (κ3) is 2.83. The van der Waals surface area contributed by atoms with E-state index in [1.807, 2.05) is 30.4 Å². The molecule has 1 heterocycles. The highest BCUT2D eigenvalue weighted by Gasteiger charge is 2.10. The van der Waals surface area contributed by atoms with Crippen LogP contribution in [0.1, 0.15) is 5.69 Å². The van der Waals surface area contributed by atoms with Gasteiger partial charge in [-0.15, -0.1) is 13.2 Å². The Bertz CT molecular complexity index is 580. The van der Waals surface area contributed by atoms with Crippen molar-refractivity contribution in [2.24, 2.45) is 5.73 Å². The van der Waals surface area contributed by atoms with Gasteiger partial charge < -0.3 is 10.6 Å². The number of nitrogens with two attached hydrogens (primary N) is 1. The molecular formula is C16H19N3. The average molecular weight is 253 g/mol. The highest BCUT2D eigenvalue weighted by atomic mass is 15.2. The second-order valence-electron chi connectivity index (χ2n) is 4.34. The maximum atomic E-state index is 5.74. The number of anilines is 1. The van der Waals surface area contributed by atoms with Gasteiger partial charge >= 0.3 is 0 Å². The topological polar surface area (TPSA) is 42.2 Å². The Balaban J connectivity index is 2.60. The predicted octanol–water partition coefficient (Wildman–Crippen LogP) is 2.87. The first-order chi connectivity index (χ1) is 9.30. The molecular weight excluding hydrogens is 234 g/mol. The van der Waals surface area contributed by atoms with Crippen LogP contribution < -0.4 is 10.6 Å². The molecule has 0 fully saturated rings. The SMILES string of the molecule is C=CCN(CC=C)c1nc(CN)cc2ccccc12. The minimum Gasteiger partial charge on any atom is -0.349 e. The van der Waals surface area contributed by atoms with Crippen molar-refractivity contribution >= 4 is 16.6 Å². The monoisotopic (exact) mass is 253 g/mol. The summed E-state index contributed by atoms with van der Waals surface area (Å²) in [5.74, 6) is 0.943. The van der Waals surface area contributed by atoms with Gasteiger partial charge in [0.25, 0.3) is 0 Å². The zero-order valence-electron chi connectivity index (χ0n) is 11.0. The summed E-state index contributed by atoms with van der Waals surface area (Å²) in [7, 11) is 0. The molecule has 19 heavy (non-hydrogen) atoms. The van der Waals surface area contributed by atoms with Crippen LogP contribution in [0.25, 0.3) is 10.8 Å². The highest BCUT2D eigenvalue weighted by Crippen LogP contribution is 2.25. The van der Waals surface area contributed by atoms with Crippen LogP contribution in [-0.4, -0.2) is 18.1 Å². The Labute approximate surface area is 114 Å². The maximum Gasteiger partial charge on any atom is 0.137 e. The molecule has 2 N–H and O–H groups in total.